The van der Waals surface area contributed by atoms with Crippen LogP contribution >= 0.6 is 0 Å². The fourth-order valence-electron chi connectivity index (χ4n) is 4.17. The number of amides is 1. The number of alkyl halides is 3. The Bertz CT molecular complexity index is 1240. The molecule has 0 spiro atoms. The van der Waals surface area contributed by atoms with E-state index in [9.17, 15) is 28.1 Å². The number of halogens is 3. The van der Waals surface area contributed by atoms with Gasteiger partial charge in [0.05, 0.1) is 27.9 Å². The molecule has 0 bridgehead atoms. The molecule has 1 aliphatic rings. The summed E-state index contributed by atoms with van der Waals surface area (Å²) in [7, 11) is 0. The number of carbonyl (C=O) groups is 1. The Balaban J connectivity index is 1.54. The van der Waals surface area contributed by atoms with Crippen molar-refractivity contribution in [3.8, 4) is 5.82 Å². The van der Waals surface area contributed by atoms with Gasteiger partial charge in [-0.2, -0.15) is 18.3 Å². The van der Waals surface area contributed by atoms with Crippen molar-refractivity contribution in [2.24, 2.45) is 0 Å². The Labute approximate surface area is 198 Å². The fraction of sp³-hybridized carbons (Fsp3) is 0.348. The van der Waals surface area contributed by atoms with Crippen LogP contribution in [0.25, 0.3) is 5.82 Å². The zero-order valence-corrected chi connectivity index (χ0v) is 19.1. The van der Waals surface area contributed by atoms with Gasteiger partial charge in [-0.05, 0) is 30.2 Å². The summed E-state index contributed by atoms with van der Waals surface area (Å²) >= 11 is 0. The van der Waals surface area contributed by atoms with Gasteiger partial charge in [0.25, 0.3) is 11.6 Å². The van der Waals surface area contributed by atoms with Crippen molar-refractivity contribution in [1.29, 1.82) is 0 Å². The third-order valence-electron chi connectivity index (χ3n) is 5.86. The molecule has 184 valence electrons. The van der Waals surface area contributed by atoms with E-state index in [0.717, 1.165) is 17.8 Å². The number of pyridine rings is 1. The predicted molar refractivity (Wildman–Crippen MR) is 122 cm³/mol. The van der Waals surface area contributed by atoms with E-state index in [4.69, 9.17) is 0 Å². The summed E-state index contributed by atoms with van der Waals surface area (Å²) in [4.78, 5) is 31.5. The van der Waals surface area contributed by atoms with E-state index in [-0.39, 0.29) is 43.7 Å². The molecule has 1 fully saturated rings. The van der Waals surface area contributed by atoms with E-state index in [1.54, 1.807) is 32.8 Å². The van der Waals surface area contributed by atoms with Gasteiger partial charge >= 0.3 is 6.18 Å². The average Bonchev–Trinajstić information content (AvgIpc) is 3.29. The summed E-state index contributed by atoms with van der Waals surface area (Å²) in [6.07, 6.45) is -1.52. The highest BCUT2D eigenvalue weighted by Gasteiger charge is 2.35. The van der Waals surface area contributed by atoms with Crippen LogP contribution in [-0.4, -0.2) is 56.7 Å². The van der Waals surface area contributed by atoms with Gasteiger partial charge < -0.3 is 9.80 Å². The summed E-state index contributed by atoms with van der Waals surface area (Å²) in [6.45, 7) is 4.89. The van der Waals surface area contributed by atoms with Crippen LogP contribution in [-0.2, 0) is 6.18 Å². The number of aromatic nitrogens is 3. The third-order valence-corrected chi connectivity index (χ3v) is 5.86. The second kappa shape index (κ2) is 9.35. The SMILES string of the molecule is CC(C)c1c(C(=O)N2CCN(c3ccc(C(F)(F)F)cc3[N+](=O)[O-])CC2)cnn1-c1ccccn1. The van der Waals surface area contributed by atoms with Crippen LogP contribution in [0, 0.1) is 10.1 Å². The molecule has 0 saturated carbocycles. The van der Waals surface area contributed by atoms with Crippen LogP contribution in [0.4, 0.5) is 24.5 Å². The first kappa shape index (κ1) is 24.2. The number of nitrogens with zero attached hydrogens (tertiary/aromatic N) is 6. The van der Waals surface area contributed by atoms with Gasteiger partial charge in [-0.25, -0.2) is 9.67 Å². The van der Waals surface area contributed by atoms with Crippen molar-refractivity contribution in [1.82, 2.24) is 19.7 Å². The minimum Gasteiger partial charge on any atom is -0.362 e. The molecule has 2 aromatic heterocycles. The molecule has 0 unspecified atom stereocenters. The number of hydrogen-bond donors (Lipinski definition) is 0. The second-order valence-electron chi connectivity index (χ2n) is 8.44. The first-order chi connectivity index (χ1) is 16.6. The van der Waals surface area contributed by atoms with E-state index >= 15 is 0 Å². The van der Waals surface area contributed by atoms with Crippen molar-refractivity contribution < 1.29 is 22.9 Å². The lowest BCUT2D eigenvalue weighted by Gasteiger charge is -2.36. The maximum atomic E-state index is 13.3. The average molecular weight is 488 g/mol. The predicted octanol–water partition coefficient (Wildman–Crippen LogP) is 4.28. The molecule has 0 radical (unpaired) electrons. The molecule has 3 aromatic rings. The van der Waals surface area contributed by atoms with Gasteiger partial charge in [0.15, 0.2) is 5.82 Å². The van der Waals surface area contributed by atoms with Crippen LogP contribution in [0.1, 0.15) is 41.4 Å². The molecule has 0 N–H and O–H groups in total. The van der Waals surface area contributed by atoms with Gasteiger partial charge in [0.1, 0.15) is 5.69 Å². The molecule has 4 rings (SSSR count). The number of hydrogen-bond acceptors (Lipinski definition) is 6. The molecule has 3 heterocycles. The normalized spacial score (nSPS) is 14.5. The lowest BCUT2D eigenvalue weighted by Crippen LogP contribution is -2.49. The monoisotopic (exact) mass is 488 g/mol. The summed E-state index contributed by atoms with van der Waals surface area (Å²) in [5, 5.41) is 15.8. The lowest BCUT2D eigenvalue weighted by atomic mass is 10.0. The highest BCUT2D eigenvalue weighted by molar-refractivity contribution is 5.95. The van der Waals surface area contributed by atoms with Crippen LogP contribution in [0.2, 0.25) is 0 Å². The number of nitro groups is 1. The molecule has 1 amide bonds. The minimum atomic E-state index is -4.68. The van der Waals surface area contributed by atoms with Gasteiger partial charge in [-0.3, -0.25) is 14.9 Å². The van der Waals surface area contributed by atoms with Crippen LogP contribution in [0.3, 0.4) is 0 Å². The molecule has 1 aromatic carbocycles. The van der Waals surface area contributed by atoms with Gasteiger partial charge in [0.2, 0.25) is 0 Å². The number of rotatable bonds is 5. The van der Waals surface area contributed by atoms with E-state index in [0.29, 0.717) is 17.4 Å². The highest BCUT2D eigenvalue weighted by atomic mass is 19.4. The lowest BCUT2D eigenvalue weighted by molar-refractivity contribution is -0.384. The van der Waals surface area contributed by atoms with Crippen LogP contribution in [0.5, 0.6) is 0 Å². The molecule has 0 aliphatic carbocycles. The Kier molecular flexibility index (Phi) is 6.46. The maximum Gasteiger partial charge on any atom is 0.416 e. The molecule has 1 aliphatic heterocycles. The second-order valence-corrected chi connectivity index (χ2v) is 8.44. The molecule has 12 heteroatoms. The van der Waals surface area contributed by atoms with Gasteiger partial charge in [0, 0.05) is 38.4 Å². The number of anilines is 1. The van der Waals surface area contributed by atoms with Crippen LogP contribution in [0.15, 0.2) is 48.8 Å². The first-order valence-electron chi connectivity index (χ1n) is 11.0. The summed E-state index contributed by atoms with van der Waals surface area (Å²) in [5.74, 6) is 0.349. The zero-order chi connectivity index (χ0) is 25.3. The van der Waals surface area contributed by atoms with Crippen molar-refractivity contribution in [3.63, 3.8) is 0 Å². The Morgan fingerprint density at radius 3 is 2.40 bits per heavy atom. The smallest absolute Gasteiger partial charge is 0.362 e. The quantitative estimate of drug-likeness (QED) is 0.393. The van der Waals surface area contributed by atoms with Crippen LogP contribution < -0.4 is 4.90 Å². The Morgan fingerprint density at radius 1 is 1.11 bits per heavy atom. The highest BCUT2D eigenvalue weighted by Crippen LogP contribution is 2.37. The van der Waals surface area contributed by atoms with E-state index in [1.165, 1.54) is 6.20 Å². The number of benzene rings is 1. The van der Waals surface area contributed by atoms with Gasteiger partial charge in [-0.1, -0.05) is 19.9 Å². The topological polar surface area (TPSA) is 97.4 Å². The molecule has 0 atom stereocenters. The number of piperazine rings is 1. The van der Waals surface area contributed by atoms with Crippen molar-refractivity contribution in [2.45, 2.75) is 25.9 Å². The van der Waals surface area contributed by atoms with Crippen molar-refractivity contribution in [3.05, 3.63) is 75.7 Å². The summed E-state index contributed by atoms with van der Waals surface area (Å²) < 4.78 is 40.7. The number of nitro benzene ring substituents is 1. The maximum absolute atomic E-state index is 13.3. The van der Waals surface area contributed by atoms with E-state index in [1.807, 2.05) is 19.9 Å². The molecule has 35 heavy (non-hydrogen) atoms. The van der Waals surface area contributed by atoms with E-state index < -0.39 is 22.4 Å². The molecule has 9 nitrogen and oxygen atoms in total. The first-order valence-corrected chi connectivity index (χ1v) is 11.0. The Hall–Kier alpha value is -3.96. The summed E-state index contributed by atoms with van der Waals surface area (Å²) in [6, 6.07) is 7.91. The minimum absolute atomic E-state index is 0.0189. The summed E-state index contributed by atoms with van der Waals surface area (Å²) in [5.41, 5.74) is -0.429. The largest absolute Gasteiger partial charge is 0.416 e. The van der Waals surface area contributed by atoms with Gasteiger partial charge in [-0.15, -0.1) is 0 Å². The molecule has 1 saturated heterocycles. The standard InChI is InChI=1S/C23H23F3N6O3/c1-15(2)21-17(14-28-31(21)20-5-3-4-8-27-20)22(33)30-11-9-29(10-12-30)18-7-6-16(23(24,25)26)13-19(18)32(34)35/h3-8,13-15H,9-12H2,1-2H3. The van der Waals surface area contributed by atoms with E-state index in [2.05, 4.69) is 10.1 Å². The zero-order valence-electron chi connectivity index (χ0n) is 19.1. The van der Waals surface area contributed by atoms with Crippen molar-refractivity contribution >= 4 is 17.3 Å². The fourth-order valence-corrected chi connectivity index (χ4v) is 4.17. The number of carbonyl (C=O) groups excluding carboxylic acids is 1. The Morgan fingerprint density at radius 2 is 1.83 bits per heavy atom. The molecular formula is C23H23F3N6O3. The third kappa shape index (κ3) is 4.81. The van der Waals surface area contributed by atoms with Crippen molar-refractivity contribution in [2.75, 3.05) is 31.1 Å². The molecular weight excluding hydrogens is 465 g/mol.